The normalized spacial score (nSPS) is 10.8. The Balaban J connectivity index is 2.80. The first kappa shape index (κ1) is 7.66. The lowest BCUT2D eigenvalue weighted by Gasteiger charge is -1.90. The van der Waals surface area contributed by atoms with Gasteiger partial charge < -0.3 is 4.74 Å². The van der Waals surface area contributed by atoms with Crippen LogP contribution in [0.25, 0.3) is 0 Å². The van der Waals surface area contributed by atoms with E-state index in [0.29, 0.717) is 13.2 Å². The molecule has 0 heterocycles. The van der Waals surface area contributed by atoms with E-state index in [1.165, 1.54) is 0 Å². The largest absolute Gasteiger partial charge is 0.378 e. The first-order chi connectivity index (χ1) is 3.91. The highest BCUT2D eigenvalue weighted by Crippen LogP contribution is 1.74. The minimum absolute atomic E-state index is 0.354. The van der Waals surface area contributed by atoms with Gasteiger partial charge in [0.25, 0.3) is 0 Å². The van der Waals surface area contributed by atoms with Crippen molar-refractivity contribution >= 4 is 0 Å². The third-order valence-electron chi connectivity index (χ3n) is 0.703. The van der Waals surface area contributed by atoms with Crippen LogP contribution in [-0.4, -0.2) is 19.8 Å². The van der Waals surface area contributed by atoms with Crippen molar-refractivity contribution in [2.45, 2.75) is 6.92 Å². The van der Waals surface area contributed by atoms with Crippen LogP contribution in [0.2, 0.25) is 0 Å². The van der Waals surface area contributed by atoms with Gasteiger partial charge in [0.1, 0.15) is 0 Å². The van der Waals surface area contributed by atoms with E-state index in [1.54, 1.807) is 6.08 Å². The van der Waals surface area contributed by atoms with Crippen LogP contribution in [-0.2, 0) is 4.74 Å². The minimum Gasteiger partial charge on any atom is -0.378 e. The molecule has 0 aliphatic heterocycles. The van der Waals surface area contributed by atoms with Gasteiger partial charge >= 0.3 is 0 Å². The predicted octanol–water partition coefficient (Wildman–Crippen LogP) is 0.862. The van der Waals surface area contributed by atoms with E-state index in [9.17, 15) is 0 Å². The number of hydrogen-bond acceptors (Lipinski definition) is 1. The van der Waals surface area contributed by atoms with Gasteiger partial charge in [0.15, 0.2) is 0 Å². The van der Waals surface area contributed by atoms with E-state index >= 15 is 0 Å². The fraction of sp³-hybridized carbons (Fsp3) is 0.667. The fourth-order valence-corrected chi connectivity index (χ4v) is 0.337. The summed E-state index contributed by atoms with van der Waals surface area (Å²) in [7, 11) is 0. The van der Waals surface area contributed by atoms with Crippen LogP contribution in [0.3, 0.4) is 0 Å². The fourth-order valence-electron chi connectivity index (χ4n) is 0.337. The van der Waals surface area contributed by atoms with Crippen LogP contribution in [0.5, 0.6) is 0 Å². The summed E-state index contributed by atoms with van der Waals surface area (Å²) in [5.41, 5.74) is 6.70. The summed E-state index contributed by atoms with van der Waals surface area (Å²) in [5.74, 6) is 0. The summed E-state index contributed by atoms with van der Waals surface area (Å²) in [5, 5.41) is 0. The molecule has 0 fully saturated rings. The summed E-state index contributed by atoms with van der Waals surface area (Å²) < 4.78 is 4.97. The second kappa shape index (κ2) is 6.66. The molecule has 0 unspecified atom stereocenters. The van der Waals surface area contributed by atoms with Gasteiger partial charge in [-0.3, -0.25) is 5.73 Å². The lowest BCUT2D eigenvalue weighted by Crippen LogP contribution is -1.88. The van der Waals surface area contributed by atoms with Gasteiger partial charge in [-0.15, -0.1) is 0 Å². The van der Waals surface area contributed by atoms with E-state index in [1.807, 2.05) is 13.0 Å². The maximum Gasteiger partial charge on any atom is 0.0647 e. The topological polar surface area (TPSA) is 33.0 Å². The molecule has 47 valence electrons. The second-order valence-electron chi connectivity index (χ2n) is 1.33. The average molecular weight is 114 g/mol. The number of nitrogens with one attached hydrogen (secondary N) is 1. The molecule has 8 heavy (non-hydrogen) atoms. The molecule has 0 saturated carbocycles. The highest BCUT2D eigenvalue weighted by Gasteiger charge is 1.72. The Morgan fingerprint density at radius 3 is 2.75 bits per heavy atom. The summed E-state index contributed by atoms with van der Waals surface area (Å²) in [6.45, 7) is 3.71. The third kappa shape index (κ3) is 5.66. The minimum atomic E-state index is 0.354. The quantitative estimate of drug-likeness (QED) is 0.394. The van der Waals surface area contributed by atoms with E-state index < -0.39 is 0 Å². The van der Waals surface area contributed by atoms with Crippen molar-refractivity contribution in [3.05, 3.63) is 12.2 Å². The maximum absolute atomic E-state index is 6.70. The SMILES string of the molecule is CCOCC=CC[NH]. The third-order valence-corrected chi connectivity index (χ3v) is 0.703. The number of rotatable bonds is 4. The monoisotopic (exact) mass is 114 g/mol. The summed E-state index contributed by atoms with van der Waals surface area (Å²) in [6, 6.07) is 0. The lowest BCUT2D eigenvalue weighted by atomic mass is 10.5. The molecule has 0 aliphatic carbocycles. The van der Waals surface area contributed by atoms with Crippen LogP contribution in [0, 0.1) is 0 Å². The van der Waals surface area contributed by atoms with Crippen LogP contribution in [0.4, 0.5) is 0 Å². The van der Waals surface area contributed by atoms with Gasteiger partial charge in [-0.2, -0.15) is 0 Å². The van der Waals surface area contributed by atoms with Crippen LogP contribution in [0.1, 0.15) is 6.92 Å². The predicted molar refractivity (Wildman–Crippen MR) is 33.6 cm³/mol. The van der Waals surface area contributed by atoms with Gasteiger partial charge in [-0.1, -0.05) is 12.2 Å². The molecule has 1 N–H and O–H groups in total. The Kier molecular flexibility index (Phi) is 6.38. The molecule has 2 nitrogen and oxygen atoms in total. The first-order valence-electron chi connectivity index (χ1n) is 2.79. The van der Waals surface area contributed by atoms with Crippen molar-refractivity contribution in [2.24, 2.45) is 0 Å². The molecular weight excluding hydrogens is 102 g/mol. The Bertz CT molecular complexity index is 61.5. The van der Waals surface area contributed by atoms with Crippen LogP contribution >= 0.6 is 0 Å². The van der Waals surface area contributed by atoms with Crippen molar-refractivity contribution in [1.82, 2.24) is 5.73 Å². The lowest BCUT2D eigenvalue weighted by molar-refractivity contribution is 0.177. The molecule has 0 spiro atoms. The summed E-state index contributed by atoms with van der Waals surface area (Å²) in [6.07, 6.45) is 3.63. The molecule has 0 atom stereocenters. The van der Waals surface area contributed by atoms with Crippen LogP contribution in [0.15, 0.2) is 12.2 Å². The number of ether oxygens (including phenoxy) is 1. The molecular formula is C6H12NO. The molecule has 0 aliphatic rings. The van der Waals surface area contributed by atoms with Gasteiger partial charge in [0.2, 0.25) is 0 Å². The van der Waals surface area contributed by atoms with E-state index in [0.717, 1.165) is 6.61 Å². The maximum atomic E-state index is 6.70. The van der Waals surface area contributed by atoms with Crippen molar-refractivity contribution in [2.75, 3.05) is 19.8 Å². The molecule has 0 aromatic rings. The average Bonchev–Trinajstić information content (AvgIpc) is 1.81. The molecule has 0 aromatic heterocycles. The van der Waals surface area contributed by atoms with Crippen LogP contribution < -0.4 is 5.73 Å². The summed E-state index contributed by atoms with van der Waals surface area (Å²) >= 11 is 0. The van der Waals surface area contributed by atoms with Gasteiger partial charge in [-0.05, 0) is 6.92 Å². The molecule has 0 aromatic carbocycles. The highest BCUT2D eigenvalue weighted by atomic mass is 16.5. The van der Waals surface area contributed by atoms with Crippen molar-refractivity contribution in [3.63, 3.8) is 0 Å². The van der Waals surface area contributed by atoms with Crippen molar-refractivity contribution in [3.8, 4) is 0 Å². The number of hydrogen-bond donors (Lipinski definition) is 0. The molecule has 0 saturated heterocycles. The smallest absolute Gasteiger partial charge is 0.0647 e. The Morgan fingerprint density at radius 1 is 1.50 bits per heavy atom. The zero-order chi connectivity index (χ0) is 6.24. The zero-order valence-electron chi connectivity index (χ0n) is 5.18. The Labute approximate surface area is 50.3 Å². The van der Waals surface area contributed by atoms with Gasteiger partial charge in [0.05, 0.1) is 6.61 Å². The second-order valence-corrected chi connectivity index (χ2v) is 1.33. The first-order valence-corrected chi connectivity index (χ1v) is 2.79. The molecule has 2 heteroatoms. The molecule has 0 amide bonds. The van der Waals surface area contributed by atoms with E-state index in [-0.39, 0.29) is 0 Å². The van der Waals surface area contributed by atoms with E-state index in [4.69, 9.17) is 10.5 Å². The molecule has 1 radical (unpaired) electrons. The highest BCUT2D eigenvalue weighted by molar-refractivity contribution is 4.81. The van der Waals surface area contributed by atoms with Gasteiger partial charge in [0, 0.05) is 13.2 Å². The molecule has 0 bridgehead atoms. The van der Waals surface area contributed by atoms with Gasteiger partial charge in [-0.25, -0.2) is 0 Å². The Hall–Kier alpha value is -0.340. The van der Waals surface area contributed by atoms with Crippen molar-refractivity contribution in [1.29, 1.82) is 0 Å². The summed E-state index contributed by atoms with van der Waals surface area (Å²) in [4.78, 5) is 0. The van der Waals surface area contributed by atoms with E-state index in [2.05, 4.69) is 0 Å². The Morgan fingerprint density at radius 2 is 2.25 bits per heavy atom. The zero-order valence-corrected chi connectivity index (χ0v) is 5.18. The standard InChI is InChI=1S/C6H12NO/c1-2-8-6-4-3-5-7/h3-4,7H,2,5-6H2,1H3. The molecule has 0 rings (SSSR count). The van der Waals surface area contributed by atoms with Crippen molar-refractivity contribution < 1.29 is 4.74 Å².